The van der Waals surface area contributed by atoms with Crippen molar-refractivity contribution < 1.29 is 12.8 Å². The van der Waals surface area contributed by atoms with Crippen LogP contribution in [0.2, 0.25) is 5.02 Å². The molecule has 0 atom stereocenters. The predicted octanol–water partition coefficient (Wildman–Crippen LogP) is 6.52. The molecule has 0 unspecified atom stereocenters. The summed E-state index contributed by atoms with van der Waals surface area (Å²) >= 11 is 5.92. The maximum atomic E-state index is 12.6. The van der Waals surface area contributed by atoms with Gasteiger partial charge in [0.05, 0.1) is 5.69 Å². The fourth-order valence-electron chi connectivity index (χ4n) is 5.96. The van der Waals surface area contributed by atoms with Gasteiger partial charge in [-0.3, -0.25) is 4.79 Å². The van der Waals surface area contributed by atoms with Gasteiger partial charge in [-0.2, -0.15) is 15.0 Å². The van der Waals surface area contributed by atoms with Crippen molar-refractivity contribution in [2.45, 2.75) is 51.0 Å². The standard InChI is InChI=1S/C30H37ClN8O2.ClH.2H3N.2H2/c31-22-8-6-21(7-9-22)27(41)33-25-11-10-23(20-26(25)40)32-28-34-29(38-16-2-1-3-17-38)36-30(35-28)39-18-12-24(13-19-39)37-14-4-5-15-37;;;;;/h6-11,20,24,40H,1-5,12-19H2,(H,33,41)(H,32,34,35,36);1H;2*1H3;2*1H. The zero-order valence-corrected chi connectivity index (χ0v) is 26.6. The van der Waals surface area contributed by atoms with Gasteiger partial charge in [0.1, 0.15) is 5.75 Å². The molecular weight excluding hydrogens is 603 g/mol. The molecule has 6 rings (SSSR count). The molecule has 3 aliphatic heterocycles. The van der Waals surface area contributed by atoms with Gasteiger partial charge in [0.2, 0.25) is 17.8 Å². The van der Waals surface area contributed by atoms with Crippen molar-refractivity contribution in [2.75, 3.05) is 59.7 Å². The van der Waals surface area contributed by atoms with E-state index in [1.54, 1.807) is 42.5 Å². The van der Waals surface area contributed by atoms with Crippen LogP contribution in [0.4, 0.5) is 29.2 Å². The molecule has 3 saturated heterocycles. The van der Waals surface area contributed by atoms with Gasteiger partial charge in [-0.25, -0.2) is 0 Å². The lowest BCUT2D eigenvalue weighted by Crippen LogP contribution is -2.44. The van der Waals surface area contributed by atoms with Crippen molar-refractivity contribution in [2.24, 2.45) is 0 Å². The molecule has 0 aliphatic carbocycles. The lowest BCUT2D eigenvalue weighted by atomic mass is 10.0. The Bertz CT molecular complexity index is 1370. The minimum Gasteiger partial charge on any atom is -0.506 e. The molecule has 0 bridgehead atoms. The predicted molar refractivity (Wildman–Crippen MR) is 184 cm³/mol. The fourth-order valence-corrected chi connectivity index (χ4v) is 6.09. The van der Waals surface area contributed by atoms with Crippen LogP contribution in [0, 0.1) is 0 Å². The summed E-state index contributed by atoms with van der Waals surface area (Å²) < 4.78 is 0. The normalized spacial score (nSPS) is 17.2. The summed E-state index contributed by atoms with van der Waals surface area (Å²) in [5, 5.41) is 17.3. The lowest BCUT2D eigenvalue weighted by Gasteiger charge is -2.37. The van der Waals surface area contributed by atoms with Crippen LogP contribution in [0.15, 0.2) is 42.5 Å². The first-order valence-corrected chi connectivity index (χ1v) is 15.1. The summed E-state index contributed by atoms with van der Waals surface area (Å²) in [6, 6.07) is 12.2. The first-order valence-electron chi connectivity index (χ1n) is 14.7. The number of hydrogen-bond acceptors (Lipinski definition) is 11. The number of benzene rings is 2. The summed E-state index contributed by atoms with van der Waals surface area (Å²) in [6.45, 7) is 6.16. The maximum absolute atomic E-state index is 12.6. The number of anilines is 5. The molecule has 44 heavy (non-hydrogen) atoms. The first-order chi connectivity index (χ1) is 20.0. The summed E-state index contributed by atoms with van der Waals surface area (Å²) in [4.78, 5) is 34.3. The van der Waals surface area contributed by atoms with Gasteiger partial charge in [0, 0.05) is 57.4 Å². The van der Waals surface area contributed by atoms with E-state index in [1.807, 2.05) is 0 Å². The molecule has 3 fully saturated rings. The average Bonchev–Trinajstić information content (AvgIpc) is 3.55. The van der Waals surface area contributed by atoms with Gasteiger partial charge in [-0.15, -0.1) is 12.4 Å². The summed E-state index contributed by atoms with van der Waals surface area (Å²) in [5.41, 5.74) is 1.37. The molecule has 3 aliphatic rings. The number of phenolic OH excluding ortho intramolecular Hbond substituents is 1. The number of nitrogens with zero attached hydrogens (tertiary/aromatic N) is 6. The molecule has 1 amide bonds. The lowest BCUT2D eigenvalue weighted by molar-refractivity contribution is 0.102. The number of amides is 1. The monoisotopic (exact) mass is 650 g/mol. The number of carbonyl (C=O) groups excluding carboxylic acids is 1. The molecule has 3 aromatic rings. The maximum Gasteiger partial charge on any atom is 0.255 e. The molecule has 244 valence electrons. The highest BCUT2D eigenvalue weighted by Crippen LogP contribution is 2.30. The Morgan fingerprint density at radius 1 is 0.818 bits per heavy atom. The summed E-state index contributed by atoms with van der Waals surface area (Å²) in [5.74, 6) is 1.43. The van der Waals surface area contributed by atoms with E-state index in [9.17, 15) is 9.90 Å². The van der Waals surface area contributed by atoms with Crippen LogP contribution in [0.25, 0.3) is 0 Å². The number of aromatic hydroxyl groups is 1. The van der Waals surface area contributed by atoms with Crippen LogP contribution in [0.3, 0.4) is 0 Å². The van der Waals surface area contributed by atoms with E-state index in [0.717, 1.165) is 51.9 Å². The van der Waals surface area contributed by atoms with Gasteiger partial charge in [-0.1, -0.05) is 11.6 Å². The molecule has 0 radical (unpaired) electrons. The molecule has 4 heterocycles. The van der Waals surface area contributed by atoms with Crippen LogP contribution in [-0.4, -0.2) is 76.2 Å². The Morgan fingerprint density at radius 2 is 1.41 bits per heavy atom. The third-order valence-electron chi connectivity index (χ3n) is 8.26. The van der Waals surface area contributed by atoms with Crippen molar-refractivity contribution in [3.05, 3.63) is 53.1 Å². The van der Waals surface area contributed by atoms with E-state index in [4.69, 9.17) is 26.6 Å². The second kappa shape index (κ2) is 16.1. The van der Waals surface area contributed by atoms with Crippen molar-refractivity contribution in [3.8, 4) is 5.75 Å². The Balaban J connectivity index is 0.00000212. The Kier molecular flexibility index (Phi) is 12.8. The van der Waals surface area contributed by atoms with Crippen LogP contribution in [-0.2, 0) is 0 Å². The topological polar surface area (TPSA) is 180 Å². The number of carbonyl (C=O) groups is 1. The number of rotatable bonds is 7. The number of phenols is 1. The molecule has 14 heteroatoms. The van der Waals surface area contributed by atoms with Crippen LogP contribution in [0.1, 0.15) is 58.2 Å². The highest BCUT2D eigenvalue weighted by molar-refractivity contribution is 6.30. The molecular formula is C30H48Cl2N10O2. The second-order valence-electron chi connectivity index (χ2n) is 11.1. The number of piperidine rings is 2. The van der Waals surface area contributed by atoms with E-state index in [1.165, 1.54) is 32.4 Å². The van der Waals surface area contributed by atoms with Gasteiger partial charge in [0.15, 0.2) is 0 Å². The number of halogens is 2. The van der Waals surface area contributed by atoms with Crippen molar-refractivity contribution in [1.29, 1.82) is 0 Å². The highest BCUT2D eigenvalue weighted by Gasteiger charge is 2.28. The van der Waals surface area contributed by atoms with Gasteiger partial charge < -0.3 is 42.7 Å². The third kappa shape index (κ3) is 8.39. The number of aromatic nitrogens is 3. The quantitative estimate of drug-likeness (QED) is 0.176. The SMILES string of the molecule is Cl.N.N.O=C(Nc1ccc(Nc2nc(N3CCCCC3)nc(N3CCC(N4CCCC4)CC3)n2)cc1O)c1ccc(Cl)cc1.[HH].[HH]. The van der Waals surface area contributed by atoms with Crippen LogP contribution >= 0.6 is 24.0 Å². The molecule has 12 nitrogen and oxygen atoms in total. The van der Waals surface area contributed by atoms with E-state index in [-0.39, 0.29) is 39.2 Å². The van der Waals surface area contributed by atoms with E-state index in [2.05, 4.69) is 25.3 Å². The molecule has 9 N–H and O–H groups in total. The van der Waals surface area contributed by atoms with Crippen LogP contribution in [0.5, 0.6) is 5.75 Å². The van der Waals surface area contributed by atoms with E-state index < -0.39 is 0 Å². The zero-order chi connectivity index (χ0) is 28.2. The first kappa shape index (κ1) is 35.1. The van der Waals surface area contributed by atoms with Gasteiger partial charge in [0.25, 0.3) is 5.91 Å². The summed E-state index contributed by atoms with van der Waals surface area (Å²) in [7, 11) is 0. The molecule has 0 spiro atoms. The summed E-state index contributed by atoms with van der Waals surface area (Å²) in [6.07, 6.45) is 8.34. The van der Waals surface area contributed by atoms with Crippen molar-refractivity contribution in [3.63, 3.8) is 0 Å². The van der Waals surface area contributed by atoms with Gasteiger partial charge in [-0.05, 0) is 94.4 Å². The van der Waals surface area contributed by atoms with Crippen LogP contribution < -0.4 is 32.7 Å². The Labute approximate surface area is 273 Å². The van der Waals surface area contributed by atoms with Gasteiger partial charge >= 0.3 is 0 Å². The number of likely N-dealkylation sites (tertiary alicyclic amines) is 1. The molecule has 2 aromatic carbocycles. The zero-order valence-electron chi connectivity index (χ0n) is 25.1. The second-order valence-corrected chi connectivity index (χ2v) is 11.5. The smallest absolute Gasteiger partial charge is 0.255 e. The number of hydrogen-bond donors (Lipinski definition) is 5. The Hall–Kier alpha value is -3.42. The number of nitrogens with one attached hydrogen (secondary N) is 2. The van der Waals surface area contributed by atoms with Crippen molar-refractivity contribution >= 4 is 59.1 Å². The fraction of sp³-hybridized carbons (Fsp3) is 0.467. The minimum absolute atomic E-state index is 0. The van der Waals surface area contributed by atoms with Crippen molar-refractivity contribution in [1.82, 2.24) is 32.2 Å². The Morgan fingerprint density at radius 3 is 2.02 bits per heavy atom. The molecule has 1 aromatic heterocycles. The highest BCUT2D eigenvalue weighted by atomic mass is 35.5. The van der Waals surface area contributed by atoms with E-state index >= 15 is 0 Å². The minimum atomic E-state index is -0.334. The third-order valence-corrected chi connectivity index (χ3v) is 8.52. The average molecular weight is 652 g/mol. The largest absolute Gasteiger partial charge is 0.506 e. The molecule has 0 saturated carbocycles. The van der Waals surface area contributed by atoms with E-state index in [0.29, 0.717) is 45.8 Å².